The molecule has 102 valence electrons. The summed E-state index contributed by atoms with van der Waals surface area (Å²) in [4.78, 5) is 4.44. The third-order valence-electron chi connectivity index (χ3n) is 3.39. The second kappa shape index (κ2) is 6.17. The summed E-state index contributed by atoms with van der Waals surface area (Å²) in [6.45, 7) is 4.15. The van der Waals surface area contributed by atoms with Gasteiger partial charge < -0.3 is 9.84 Å². The van der Waals surface area contributed by atoms with Crippen molar-refractivity contribution in [3.8, 4) is 0 Å². The molecule has 2 rings (SSSR count). The fraction of sp³-hybridized carbons (Fsp3) is 0.429. The Balaban J connectivity index is 2.12. The zero-order valence-corrected chi connectivity index (χ0v) is 12.1. The van der Waals surface area contributed by atoms with E-state index in [0.717, 1.165) is 10.6 Å². The molecule has 0 saturated carbocycles. The van der Waals surface area contributed by atoms with Crippen LogP contribution in [0.2, 0.25) is 5.02 Å². The standard InChI is InChI=1S/C14H18ClN3O/c1-9(10(2)16-3)14-17-13(18-19-14)8-11-6-4-5-7-12(11)15/h4-7,9-10,16H,8H2,1-3H3. The summed E-state index contributed by atoms with van der Waals surface area (Å²) in [5, 5.41) is 7.93. The van der Waals surface area contributed by atoms with Crippen molar-refractivity contribution in [2.45, 2.75) is 32.2 Å². The summed E-state index contributed by atoms with van der Waals surface area (Å²) in [5.74, 6) is 1.50. The van der Waals surface area contributed by atoms with Crippen molar-refractivity contribution in [1.82, 2.24) is 15.5 Å². The van der Waals surface area contributed by atoms with E-state index in [-0.39, 0.29) is 12.0 Å². The van der Waals surface area contributed by atoms with E-state index in [1.54, 1.807) is 0 Å². The van der Waals surface area contributed by atoms with Gasteiger partial charge in [-0.2, -0.15) is 4.98 Å². The Morgan fingerprint density at radius 2 is 2.05 bits per heavy atom. The van der Waals surface area contributed by atoms with Gasteiger partial charge in [0.1, 0.15) is 0 Å². The summed E-state index contributed by atoms with van der Waals surface area (Å²) in [6.07, 6.45) is 0.587. The number of hydrogen-bond acceptors (Lipinski definition) is 4. The topological polar surface area (TPSA) is 51.0 Å². The van der Waals surface area contributed by atoms with E-state index in [9.17, 15) is 0 Å². The van der Waals surface area contributed by atoms with E-state index in [1.165, 1.54) is 0 Å². The van der Waals surface area contributed by atoms with Crippen LogP contribution >= 0.6 is 11.6 Å². The molecule has 5 heteroatoms. The molecular weight excluding hydrogens is 262 g/mol. The normalized spacial score (nSPS) is 14.3. The van der Waals surface area contributed by atoms with Crippen LogP contribution in [-0.2, 0) is 6.42 Å². The fourth-order valence-corrected chi connectivity index (χ4v) is 2.00. The monoisotopic (exact) mass is 279 g/mol. The fourth-order valence-electron chi connectivity index (χ4n) is 1.80. The van der Waals surface area contributed by atoms with Crippen molar-refractivity contribution < 1.29 is 4.52 Å². The molecule has 2 aromatic rings. The Morgan fingerprint density at radius 3 is 2.74 bits per heavy atom. The molecule has 1 N–H and O–H groups in total. The van der Waals surface area contributed by atoms with Crippen molar-refractivity contribution in [2.75, 3.05) is 7.05 Å². The minimum absolute atomic E-state index is 0.178. The molecule has 19 heavy (non-hydrogen) atoms. The molecule has 0 saturated heterocycles. The number of likely N-dealkylation sites (N-methyl/N-ethyl adjacent to an activating group) is 1. The van der Waals surface area contributed by atoms with Gasteiger partial charge in [-0.1, -0.05) is 41.9 Å². The van der Waals surface area contributed by atoms with E-state index < -0.39 is 0 Å². The Morgan fingerprint density at radius 1 is 1.32 bits per heavy atom. The van der Waals surface area contributed by atoms with E-state index >= 15 is 0 Å². The lowest BCUT2D eigenvalue weighted by Crippen LogP contribution is -2.27. The van der Waals surface area contributed by atoms with Gasteiger partial charge in [0, 0.05) is 17.5 Å². The molecule has 2 atom stereocenters. The molecule has 0 aliphatic carbocycles. The maximum absolute atomic E-state index is 6.12. The Kier molecular flexibility index (Phi) is 4.56. The molecule has 4 nitrogen and oxygen atoms in total. The summed E-state index contributed by atoms with van der Waals surface area (Å²) in [7, 11) is 1.92. The Labute approximate surface area is 118 Å². The summed E-state index contributed by atoms with van der Waals surface area (Å²) >= 11 is 6.12. The van der Waals surface area contributed by atoms with Crippen molar-refractivity contribution >= 4 is 11.6 Å². The average Bonchev–Trinajstić information content (AvgIpc) is 2.88. The minimum Gasteiger partial charge on any atom is -0.339 e. The van der Waals surface area contributed by atoms with Gasteiger partial charge in [0.15, 0.2) is 5.82 Å². The summed E-state index contributed by atoms with van der Waals surface area (Å²) in [5.41, 5.74) is 1.01. The molecule has 1 aromatic carbocycles. The van der Waals surface area contributed by atoms with Crippen LogP contribution < -0.4 is 5.32 Å². The molecule has 0 amide bonds. The molecule has 2 unspecified atom stereocenters. The zero-order chi connectivity index (χ0) is 13.8. The number of rotatable bonds is 5. The Hall–Kier alpha value is -1.39. The Bertz CT molecular complexity index is 541. The smallest absolute Gasteiger partial charge is 0.231 e. The average molecular weight is 280 g/mol. The number of nitrogens with zero attached hydrogens (tertiary/aromatic N) is 2. The quantitative estimate of drug-likeness (QED) is 0.914. The van der Waals surface area contributed by atoms with Gasteiger partial charge in [0.25, 0.3) is 0 Å². The number of nitrogens with one attached hydrogen (secondary N) is 1. The SMILES string of the molecule is CNC(C)C(C)c1nc(Cc2ccccc2Cl)no1. The van der Waals surface area contributed by atoms with E-state index in [2.05, 4.69) is 29.3 Å². The number of hydrogen-bond donors (Lipinski definition) is 1. The van der Waals surface area contributed by atoms with Gasteiger partial charge in [0.2, 0.25) is 5.89 Å². The molecule has 0 radical (unpaired) electrons. The van der Waals surface area contributed by atoms with Crippen molar-refractivity contribution in [2.24, 2.45) is 0 Å². The van der Waals surface area contributed by atoms with Crippen LogP contribution in [0.25, 0.3) is 0 Å². The van der Waals surface area contributed by atoms with E-state index in [0.29, 0.717) is 18.1 Å². The van der Waals surface area contributed by atoms with Gasteiger partial charge >= 0.3 is 0 Å². The third kappa shape index (κ3) is 3.33. The molecule has 0 fully saturated rings. The maximum atomic E-state index is 6.12. The van der Waals surface area contributed by atoms with Crippen LogP contribution in [0, 0.1) is 0 Å². The molecule has 1 aromatic heterocycles. The van der Waals surface area contributed by atoms with Gasteiger partial charge in [-0.15, -0.1) is 0 Å². The van der Waals surface area contributed by atoms with Gasteiger partial charge in [-0.25, -0.2) is 0 Å². The summed E-state index contributed by atoms with van der Waals surface area (Å²) in [6, 6.07) is 7.98. The van der Waals surface area contributed by atoms with Crippen LogP contribution in [0.5, 0.6) is 0 Å². The number of aromatic nitrogens is 2. The lowest BCUT2D eigenvalue weighted by Gasteiger charge is -2.14. The highest BCUT2D eigenvalue weighted by Crippen LogP contribution is 2.20. The first-order valence-corrected chi connectivity index (χ1v) is 6.72. The predicted octanol–water partition coefficient (Wildman–Crippen LogP) is 3.03. The maximum Gasteiger partial charge on any atom is 0.231 e. The van der Waals surface area contributed by atoms with Crippen molar-refractivity contribution in [3.05, 3.63) is 46.6 Å². The third-order valence-corrected chi connectivity index (χ3v) is 3.75. The highest BCUT2D eigenvalue weighted by molar-refractivity contribution is 6.31. The first-order chi connectivity index (χ1) is 9.11. The second-order valence-electron chi connectivity index (χ2n) is 4.68. The van der Waals surface area contributed by atoms with E-state index in [1.807, 2.05) is 31.3 Å². The zero-order valence-electron chi connectivity index (χ0n) is 11.4. The molecule has 0 bridgehead atoms. The van der Waals surface area contributed by atoms with Crippen LogP contribution in [0.3, 0.4) is 0 Å². The predicted molar refractivity (Wildman–Crippen MR) is 75.5 cm³/mol. The van der Waals surface area contributed by atoms with Gasteiger partial charge in [-0.3, -0.25) is 0 Å². The van der Waals surface area contributed by atoms with Crippen LogP contribution in [-0.4, -0.2) is 23.2 Å². The highest BCUT2D eigenvalue weighted by atomic mass is 35.5. The van der Waals surface area contributed by atoms with Crippen LogP contribution in [0.4, 0.5) is 0 Å². The molecular formula is C14H18ClN3O. The molecule has 0 aliphatic heterocycles. The first-order valence-electron chi connectivity index (χ1n) is 6.35. The number of halogens is 1. The molecule has 1 heterocycles. The van der Waals surface area contributed by atoms with E-state index in [4.69, 9.17) is 16.1 Å². The number of benzene rings is 1. The van der Waals surface area contributed by atoms with Crippen molar-refractivity contribution in [3.63, 3.8) is 0 Å². The summed E-state index contributed by atoms with van der Waals surface area (Å²) < 4.78 is 5.32. The minimum atomic E-state index is 0.178. The largest absolute Gasteiger partial charge is 0.339 e. The lowest BCUT2D eigenvalue weighted by atomic mass is 10.0. The van der Waals surface area contributed by atoms with Gasteiger partial charge in [0.05, 0.1) is 5.92 Å². The second-order valence-corrected chi connectivity index (χ2v) is 5.09. The first kappa shape index (κ1) is 14.0. The van der Waals surface area contributed by atoms with Crippen molar-refractivity contribution in [1.29, 1.82) is 0 Å². The van der Waals surface area contributed by atoms with Crippen LogP contribution in [0.1, 0.15) is 37.0 Å². The highest BCUT2D eigenvalue weighted by Gasteiger charge is 2.19. The molecule has 0 spiro atoms. The van der Waals surface area contributed by atoms with Gasteiger partial charge in [-0.05, 0) is 25.6 Å². The lowest BCUT2D eigenvalue weighted by molar-refractivity contribution is 0.333. The molecule has 0 aliphatic rings. The van der Waals surface area contributed by atoms with Crippen LogP contribution in [0.15, 0.2) is 28.8 Å².